The summed E-state index contributed by atoms with van der Waals surface area (Å²) in [5.74, 6) is 0.103. The van der Waals surface area contributed by atoms with Crippen molar-refractivity contribution in [2.45, 2.75) is 25.8 Å². The van der Waals surface area contributed by atoms with Crippen LogP contribution in [0.3, 0.4) is 0 Å². The van der Waals surface area contributed by atoms with Crippen LogP contribution in [0.5, 0.6) is 0 Å². The summed E-state index contributed by atoms with van der Waals surface area (Å²) < 4.78 is 0. The van der Waals surface area contributed by atoms with E-state index in [-0.39, 0.29) is 0 Å². The van der Waals surface area contributed by atoms with E-state index < -0.39 is 5.97 Å². The highest BCUT2D eigenvalue weighted by atomic mass is 16.4. The van der Waals surface area contributed by atoms with Gasteiger partial charge in [-0.3, -0.25) is 0 Å². The third-order valence-corrected chi connectivity index (χ3v) is 3.58. The number of hydrogen-bond donors (Lipinski definition) is 3. The van der Waals surface area contributed by atoms with Gasteiger partial charge in [-0.2, -0.15) is 0 Å². The number of imidazole rings is 1. The minimum absolute atomic E-state index is 0.338. The zero-order valence-corrected chi connectivity index (χ0v) is 11.1. The third kappa shape index (κ3) is 2.72. The summed E-state index contributed by atoms with van der Waals surface area (Å²) >= 11 is 0. The Hall–Kier alpha value is -2.14. The van der Waals surface area contributed by atoms with E-state index in [1.807, 2.05) is 6.07 Å². The molecular formula is C15H17N3O2. The lowest BCUT2D eigenvalue weighted by atomic mass is 10.1. The van der Waals surface area contributed by atoms with Crippen LogP contribution in [-0.2, 0) is 25.8 Å². The molecule has 0 saturated carbocycles. The van der Waals surface area contributed by atoms with Crippen molar-refractivity contribution in [1.82, 2.24) is 15.3 Å². The van der Waals surface area contributed by atoms with Crippen LogP contribution in [-0.4, -0.2) is 27.6 Å². The van der Waals surface area contributed by atoms with Crippen LogP contribution in [0.4, 0.5) is 0 Å². The number of aromatic amines is 1. The van der Waals surface area contributed by atoms with Crippen molar-refractivity contribution in [3.63, 3.8) is 0 Å². The Bertz CT molecular complexity index is 610. The van der Waals surface area contributed by atoms with E-state index in [0.717, 1.165) is 49.4 Å². The maximum atomic E-state index is 10.9. The quantitative estimate of drug-likeness (QED) is 0.788. The van der Waals surface area contributed by atoms with E-state index >= 15 is 0 Å². The van der Waals surface area contributed by atoms with Crippen LogP contribution in [0.15, 0.2) is 24.3 Å². The first-order valence-electron chi connectivity index (χ1n) is 6.82. The average molecular weight is 271 g/mol. The fourth-order valence-corrected chi connectivity index (χ4v) is 2.52. The molecule has 2 aromatic rings. The van der Waals surface area contributed by atoms with Crippen LogP contribution in [0.25, 0.3) is 0 Å². The first-order chi connectivity index (χ1) is 9.72. The maximum absolute atomic E-state index is 10.9. The van der Waals surface area contributed by atoms with Gasteiger partial charge >= 0.3 is 5.97 Å². The van der Waals surface area contributed by atoms with Crippen molar-refractivity contribution in [3.8, 4) is 0 Å². The molecule has 104 valence electrons. The van der Waals surface area contributed by atoms with E-state index in [0.29, 0.717) is 5.56 Å². The molecule has 0 saturated heterocycles. The Labute approximate surface area is 117 Å². The Morgan fingerprint density at radius 3 is 3.05 bits per heavy atom. The molecule has 1 aliphatic rings. The van der Waals surface area contributed by atoms with Gasteiger partial charge in [0.15, 0.2) is 0 Å². The smallest absolute Gasteiger partial charge is 0.335 e. The molecule has 0 atom stereocenters. The monoisotopic (exact) mass is 271 g/mol. The van der Waals surface area contributed by atoms with Crippen LogP contribution < -0.4 is 5.32 Å². The molecule has 3 N–H and O–H groups in total. The number of aryl methyl sites for hydroxylation is 2. The van der Waals surface area contributed by atoms with Crippen LogP contribution >= 0.6 is 0 Å². The van der Waals surface area contributed by atoms with E-state index in [4.69, 9.17) is 5.11 Å². The molecule has 2 heterocycles. The Kier molecular flexibility index (Phi) is 3.52. The number of H-pyrrole nitrogens is 1. The number of nitrogens with zero attached hydrogens (tertiary/aromatic N) is 1. The summed E-state index contributed by atoms with van der Waals surface area (Å²) in [7, 11) is 0. The Morgan fingerprint density at radius 2 is 2.25 bits per heavy atom. The summed E-state index contributed by atoms with van der Waals surface area (Å²) in [4.78, 5) is 18.9. The van der Waals surface area contributed by atoms with Gasteiger partial charge in [0, 0.05) is 25.9 Å². The van der Waals surface area contributed by atoms with Gasteiger partial charge in [0.2, 0.25) is 0 Å². The number of carboxylic acid groups (broad SMARTS) is 1. The molecule has 1 aromatic heterocycles. The SMILES string of the molecule is O=C(O)c1cccc(CCc2nc3c([nH]2)CNCC3)c1. The molecule has 5 heteroatoms. The highest BCUT2D eigenvalue weighted by molar-refractivity contribution is 5.87. The van der Waals surface area contributed by atoms with Crippen molar-refractivity contribution < 1.29 is 9.90 Å². The van der Waals surface area contributed by atoms with Gasteiger partial charge in [-0.25, -0.2) is 9.78 Å². The van der Waals surface area contributed by atoms with Crippen molar-refractivity contribution in [2.75, 3.05) is 6.54 Å². The molecular weight excluding hydrogens is 254 g/mol. The fraction of sp³-hybridized carbons (Fsp3) is 0.333. The minimum Gasteiger partial charge on any atom is -0.478 e. The highest BCUT2D eigenvalue weighted by Gasteiger charge is 2.13. The fourth-order valence-electron chi connectivity index (χ4n) is 2.52. The lowest BCUT2D eigenvalue weighted by molar-refractivity contribution is 0.0697. The normalized spacial score (nSPS) is 14.0. The van der Waals surface area contributed by atoms with Crippen LogP contribution in [0.1, 0.15) is 33.1 Å². The van der Waals surface area contributed by atoms with Crippen molar-refractivity contribution in [1.29, 1.82) is 0 Å². The summed E-state index contributed by atoms with van der Waals surface area (Å²) in [6, 6.07) is 7.09. The number of benzene rings is 1. The van der Waals surface area contributed by atoms with Crippen LogP contribution in [0.2, 0.25) is 0 Å². The summed E-state index contributed by atoms with van der Waals surface area (Å²) in [5.41, 5.74) is 3.71. The molecule has 0 aliphatic carbocycles. The highest BCUT2D eigenvalue weighted by Crippen LogP contribution is 2.13. The van der Waals surface area contributed by atoms with Gasteiger partial charge in [0.1, 0.15) is 5.82 Å². The second-order valence-corrected chi connectivity index (χ2v) is 5.04. The first kappa shape index (κ1) is 12.9. The molecule has 3 rings (SSSR count). The maximum Gasteiger partial charge on any atom is 0.335 e. The standard InChI is InChI=1S/C15H17N3O2/c19-15(20)11-3-1-2-10(8-11)4-5-14-17-12-6-7-16-9-13(12)18-14/h1-3,8,16H,4-7,9H2,(H,17,18)(H,19,20). The van der Waals surface area contributed by atoms with Gasteiger partial charge in [0.25, 0.3) is 0 Å². The lowest BCUT2D eigenvalue weighted by Crippen LogP contribution is -2.23. The molecule has 20 heavy (non-hydrogen) atoms. The first-order valence-corrected chi connectivity index (χ1v) is 6.82. The van der Waals surface area contributed by atoms with Gasteiger partial charge in [-0.05, 0) is 24.1 Å². The molecule has 0 amide bonds. The molecule has 0 fully saturated rings. The van der Waals surface area contributed by atoms with Crippen molar-refractivity contribution >= 4 is 5.97 Å². The van der Waals surface area contributed by atoms with E-state index in [1.54, 1.807) is 18.2 Å². The van der Waals surface area contributed by atoms with Gasteiger partial charge in [-0.15, -0.1) is 0 Å². The zero-order valence-electron chi connectivity index (χ0n) is 11.1. The number of nitrogens with one attached hydrogen (secondary N) is 2. The molecule has 0 unspecified atom stereocenters. The van der Waals surface area contributed by atoms with Gasteiger partial charge < -0.3 is 15.4 Å². The Balaban J connectivity index is 1.68. The summed E-state index contributed by atoms with van der Waals surface area (Å²) in [5, 5.41) is 12.3. The molecule has 0 spiro atoms. The van der Waals surface area contributed by atoms with E-state index in [9.17, 15) is 4.79 Å². The molecule has 5 nitrogen and oxygen atoms in total. The second kappa shape index (κ2) is 5.46. The number of rotatable bonds is 4. The van der Waals surface area contributed by atoms with E-state index in [2.05, 4.69) is 15.3 Å². The predicted molar refractivity (Wildman–Crippen MR) is 74.8 cm³/mol. The predicted octanol–water partition coefficient (Wildman–Crippen LogP) is 1.54. The lowest BCUT2D eigenvalue weighted by Gasteiger charge is -2.09. The van der Waals surface area contributed by atoms with E-state index in [1.165, 1.54) is 5.69 Å². The number of aromatic nitrogens is 2. The van der Waals surface area contributed by atoms with Crippen molar-refractivity contribution in [3.05, 3.63) is 52.6 Å². The third-order valence-electron chi connectivity index (χ3n) is 3.58. The number of hydrogen-bond acceptors (Lipinski definition) is 3. The van der Waals surface area contributed by atoms with Crippen LogP contribution in [0, 0.1) is 0 Å². The number of fused-ring (bicyclic) bond motifs is 1. The number of aromatic carboxylic acids is 1. The largest absolute Gasteiger partial charge is 0.478 e. The molecule has 1 aromatic carbocycles. The van der Waals surface area contributed by atoms with Gasteiger partial charge in [0.05, 0.1) is 17.0 Å². The number of carbonyl (C=O) groups is 1. The topological polar surface area (TPSA) is 78.0 Å². The molecule has 0 bridgehead atoms. The average Bonchev–Trinajstić information content (AvgIpc) is 2.88. The number of carboxylic acids is 1. The minimum atomic E-state index is -0.883. The zero-order chi connectivity index (χ0) is 13.9. The Morgan fingerprint density at radius 1 is 1.35 bits per heavy atom. The van der Waals surface area contributed by atoms with Crippen molar-refractivity contribution in [2.24, 2.45) is 0 Å². The summed E-state index contributed by atoms with van der Waals surface area (Å²) in [6.45, 7) is 1.84. The second-order valence-electron chi connectivity index (χ2n) is 5.04. The van der Waals surface area contributed by atoms with Gasteiger partial charge in [-0.1, -0.05) is 12.1 Å². The molecule has 1 aliphatic heterocycles. The summed E-state index contributed by atoms with van der Waals surface area (Å²) in [6.07, 6.45) is 2.57. The molecule has 0 radical (unpaired) electrons.